The van der Waals surface area contributed by atoms with Crippen molar-refractivity contribution in [3.63, 3.8) is 0 Å². The van der Waals surface area contributed by atoms with E-state index in [0.717, 1.165) is 89.0 Å². The van der Waals surface area contributed by atoms with Gasteiger partial charge in [0.1, 0.15) is 23.2 Å². The molecule has 14 rings (SSSR count). The van der Waals surface area contributed by atoms with E-state index in [1.54, 1.807) is 24.3 Å². The van der Waals surface area contributed by atoms with Gasteiger partial charge in [0.25, 0.3) is 0 Å². The lowest BCUT2D eigenvalue weighted by Gasteiger charge is -2.52. The first-order valence-electron chi connectivity index (χ1n) is 33.8. The number of fused-ring (bicyclic) bond motifs is 3. The zero-order chi connectivity index (χ0) is 64.8. The van der Waals surface area contributed by atoms with Crippen molar-refractivity contribution in [2.45, 2.75) is 147 Å². The van der Waals surface area contributed by atoms with Crippen LogP contribution in [-0.2, 0) is 60.9 Å². The van der Waals surface area contributed by atoms with Crippen LogP contribution in [0.3, 0.4) is 0 Å². The number of piperazine rings is 1. The standard InChI is InChI=1S/C27H32ClFN2O2.C19H25ClFN3O2.C19H28N2O.C8H5Cl2FO.2CH4/c28-22-14-20(8-9-23(22)29)15-26(32)21-10-13-31(16-19-6-2-1-3-7-19)25-18-33-17-24(27(21)25)30-11-4-5-12-30;20-14-9-13(3-4-15(14)21)10-18(25)24-8-5-22-16-11-26-12-17(19(16)24)23-6-1-2-7-23;1-2-7-16(8-3-1)13-21-12-6-9-17-18(14-22-15-19(17)21)20-10-4-5-11-20;9-6-3-5(4-8(10)12)1-2-7(6)11;;/h1-3,6-9,14,21,24-25,27H,4-5,10-13,15-18H2;3-4,9,16-17,19,22H,1-2,5-8,10-12H2;1-3,7-8,17-19H,4-6,9-15H2;1-3H,4H2;2*1H4/t21?,24-,25+,27+;16-,17+,19+;17-,18+,19-;;;/m011.../s1. The summed E-state index contributed by atoms with van der Waals surface area (Å²) in [5, 5.41) is 3.19. The smallest absolute Gasteiger partial charge is 0.227 e. The Morgan fingerprint density at radius 2 is 0.916 bits per heavy atom. The third-order valence-electron chi connectivity index (χ3n) is 20.7. The first kappa shape index (κ1) is 74.7. The summed E-state index contributed by atoms with van der Waals surface area (Å²) in [7, 11) is 0. The number of benzene rings is 5. The fraction of sp³-hybridized carbons (Fsp3) is 0.560. The second kappa shape index (κ2) is 36.5. The first-order valence-corrected chi connectivity index (χ1v) is 35.3. The quantitative estimate of drug-likeness (QED) is 0.107. The van der Waals surface area contributed by atoms with E-state index in [1.165, 1.54) is 112 Å². The van der Waals surface area contributed by atoms with E-state index < -0.39 is 22.7 Å². The van der Waals surface area contributed by atoms with Crippen molar-refractivity contribution < 1.29 is 41.8 Å². The van der Waals surface area contributed by atoms with Gasteiger partial charge in [-0.1, -0.05) is 129 Å². The average molecular weight is 1390 g/mol. The molecule has 1 amide bonds. The van der Waals surface area contributed by atoms with Crippen LogP contribution in [-0.4, -0.2) is 194 Å². The van der Waals surface area contributed by atoms with Crippen molar-refractivity contribution in [1.29, 1.82) is 0 Å². The predicted octanol–water partition coefficient (Wildman–Crippen LogP) is 13.1. The molecule has 0 spiro atoms. The highest BCUT2D eigenvalue weighted by molar-refractivity contribution is 6.63. The van der Waals surface area contributed by atoms with Gasteiger partial charge in [-0.3, -0.25) is 38.9 Å². The molecule has 1 N–H and O–H groups in total. The maximum Gasteiger partial charge on any atom is 0.227 e. The van der Waals surface area contributed by atoms with Crippen molar-refractivity contribution in [2.24, 2.45) is 17.8 Å². The monoisotopic (exact) mass is 1390 g/mol. The highest BCUT2D eigenvalue weighted by Crippen LogP contribution is 2.41. The highest BCUT2D eigenvalue weighted by Gasteiger charge is 2.50. The minimum atomic E-state index is -0.498. The Labute approximate surface area is 582 Å². The van der Waals surface area contributed by atoms with Gasteiger partial charge in [-0.05, 0) is 192 Å². The lowest BCUT2D eigenvalue weighted by Crippen LogP contribution is -2.70. The van der Waals surface area contributed by atoms with Crippen molar-refractivity contribution >= 4 is 63.3 Å². The molecular formula is C75H98Cl4F3N7O6. The minimum absolute atomic E-state index is 0. The van der Waals surface area contributed by atoms with Gasteiger partial charge in [-0.15, -0.1) is 0 Å². The fourth-order valence-corrected chi connectivity index (χ4v) is 17.0. The Balaban J connectivity index is 0.000000155. The van der Waals surface area contributed by atoms with Crippen LogP contribution in [0, 0.1) is 35.2 Å². The lowest BCUT2D eigenvalue weighted by atomic mass is 9.71. The summed E-state index contributed by atoms with van der Waals surface area (Å²) in [6.45, 7) is 17.0. The average Bonchev–Trinajstić information content (AvgIpc) is 1.32. The van der Waals surface area contributed by atoms with Crippen LogP contribution in [0.5, 0.6) is 0 Å². The van der Waals surface area contributed by atoms with E-state index >= 15 is 0 Å². The molecule has 9 saturated heterocycles. The van der Waals surface area contributed by atoms with E-state index in [1.807, 2.05) is 11.0 Å². The van der Waals surface area contributed by atoms with E-state index in [9.17, 15) is 27.6 Å². The molecule has 0 bridgehead atoms. The number of carbonyl (C=O) groups is 3. The van der Waals surface area contributed by atoms with Crippen molar-refractivity contribution in [2.75, 3.05) is 105 Å². The van der Waals surface area contributed by atoms with Gasteiger partial charge in [0.2, 0.25) is 11.1 Å². The van der Waals surface area contributed by atoms with E-state index in [2.05, 4.69) is 84.4 Å². The molecule has 5 aromatic carbocycles. The summed E-state index contributed by atoms with van der Waals surface area (Å²) in [4.78, 5) is 52.1. The summed E-state index contributed by atoms with van der Waals surface area (Å²) in [5.41, 5.74) is 4.89. The van der Waals surface area contributed by atoms with Crippen molar-refractivity contribution in [3.05, 3.63) is 176 Å². The maximum atomic E-state index is 13.6. The number of piperidine rings is 2. The SMILES string of the molecule is C.C.O=C(Cc1ccc(F)c(Cl)c1)C1CCN(Cc2ccccc2)[C@@H]2COC[C@H](N3CCCC3)[C@@H]12.O=C(Cc1ccc(F)c(Cl)c1)N1CCN[C@@H]2COC[C@H](N3CCCC3)[C@H]21.O=C(Cl)Cc1ccc(F)c(Cl)c1.c1ccc(CN2CCC[C@H]3[C@H]2COC[C@@H]3N2CCCC2)cc1. The molecule has 1 unspecified atom stereocenters. The molecular weight excluding hydrogens is 1290 g/mol. The number of halogens is 7. The molecule has 10 atom stereocenters. The molecule has 9 aliphatic rings. The number of nitrogens with zero attached hydrogens (tertiary/aromatic N) is 6. The molecule has 0 saturated carbocycles. The number of Topliss-reactive ketones (excluding diaryl/α,β-unsaturated/α-hetero) is 1. The highest BCUT2D eigenvalue weighted by atomic mass is 35.5. The number of hydrogen-bond donors (Lipinski definition) is 1. The third kappa shape index (κ3) is 19.7. The number of likely N-dealkylation sites (tertiary alicyclic amines) is 5. The Kier molecular flexibility index (Phi) is 28.7. The van der Waals surface area contributed by atoms with Crippen LogP contribution < -0.4 is 5.32 Å². The molecule has 9 aliphatic heterocycles. The first-order chi connectivity index (χ1) is 45.2. The van der Waals surface area contributed by atoms with Crippen LogP contribution in [0.2, 0.25) is 15.1 Å². The van der Waals surface area contributed by atoms with Crippen LogP contribution in [0.15, 0.2) is 115 Å². The molecule has 518 valence electrons. The normalized spacial score (nSPS) is 27.1. The van der Waals surface area contributed by atoms with Gasteiger partial charge < -0.3 is 24.4 Å². The number of amides is 1. The summed E-state index contributed by atoms with van der Waals surface area (Å²) in [6, 6.07) is 37.0. The minimum Gasteiger partial charge on any atom is -0.378 e. The van der Waals surface area contributed by atoms with Gasteiger partial charge in [0.15, 0.2) is 0 Å². The molecule has 9 fully saturated rings. The van der Waals surface area contributed by atoms with Crippen LogP contribution >= 0.6 is 46.4 Å². The van der Waals surface area contributed by atoms with Gasteiger partial charge in [-0.25, -0.2) is 13.2 Å². The van der Waals surface area contributed by atoms with Gasteiger partial charge in [0.05, 0.1) is 79.3 Å². The van der Waals surface area contributed by atoms with Crippen LogP contribution in [0.25, 0.3) is 0 Å². The number of ether oxygens (including phenoxy) is 3. The van der Waals surface area contributed by atoms with E-state index in [0.29, 0.717) is 57.0 Å². The Morgan fingerprint density at radius 3 is 1.45 bits per heavy atom. The molecule has 0 radical (unpaired) electrons. The molecule has 0 aromatic heterocycles. The predicted molar refractivity (Wildman–Crippen MR) is 374 cm³/mol. The lowest BCUT2D eigenvalue weighted by molar-refractivity contribution is -0.143. The number of ketones is 1. The van der Waals surface area contributed by atoms with Crippen LogP contribution in [0.4, 0.5) is 13.2 Å². The molecule has 0 aliphatic carbocycles. The Morgan fingerprint density at radius 1 is 0.463 bits per heavy atom. The van der Waals surface area contributed by atoms with Gasteiger partial charge >= 0.3 is 0 Å². The number of hydrogen-bond acceptors (Lipinski definition) is 12. The second-order valence-electron chi connectivity index (χ2n) is 26.6. The molecule has 20 heteroatoms. The van der Waals surface area contributed by atoms with Gasteiger partial charge in [0, 0.05) is 75.0 Å². The summed E-state index contributed by atoms with van der Waals surface area (Å²) in [5.74, 6) is -0.0254. The summed E-state index contributed by atoms with van der Waals surface area (Å²) in [6.07, 6.45) is 11.8. The Bertz CT molecular complexity index is 3240. The Hall–Kier alpha value is -4.50. The number of carbonyl (C=O) groups excluding carboxylic acids is 3. The van der Waals surface area contributed by atoms with Crippen molar-refractivity contribution in [1.82, 2.24) is 34.7 Å². The van der Waals surface area contributed by atoms with E-state index in [4.69, 9.17) is 60.6 Å². The second-order valence-corrected chi connectivity index (χ2v) is 28.2. The van der Waals surface area contributed by atoms with Gasteiger partial charge in [-0.2, -0.15) is 0 Å². The fourth-order valence-electron chi connectivity index (χ4n) is 16.2. The molecule has 5 aromatic rings. The maximum absolute atomic E-state index is 13.6. The van der Waals surface area contributed by atoms with E-state index in [-0.39, 0.29) is 96.5 Å². The number of nitrogens with one attached hydrogen (secondary N) is 1. The molecule has 13 nitrogen and oxygen atoms in total. The zero-order valence-electron chi connectivity index (χ0n) is 53.2. The van der Waals surface area contributed by atoms with Crippen LogP contribution in [0.1, 0.15) is 100 Å². The third-order valence-corrected chi connectivity index (χ3v) is 21.7. The summed E-state index contributed by atoms with van der Waals surface area (Å²) < 4.78 is 57.6. The zero-order valence-corrected chi connectivity index (χ0v) is 56.3. The largest absolute Gasteiger partial charge is 0.378 e. The molecule has 95 heavy (non-hydrogen) atoms. The summed E-state index contributed by atoms with van der Waals surface area (Å²) >= 11 is 22.4. The molecule has 9 heterocycles. The topological polar surface area (TPSA) is 110 Å². The van der Waals surface area contributed by atoms with Crippen molar-refractivity contribution in [3.8, 4) is 0 Å². The number of rotatable bonds is 14.